The topological polar surface area (TPSA) is 9.23 Å². The van der Waals surface area contributed by atoms with Gasteiger partial charge in [0.05, 0.1) is 10.8 Å². The molecule has 0 aliphatic heterocycles. The lowest BCUT2D eigenvalue weighted by atomic mass is 9.60. The van der Waals surface area contributed by atoms with Crippen molar-refractivity contribution in [2.75, 3.05) is 7.11 Å². The van der Waals surface area contributed by atoms with Crippen molar-refractivity contribution >= 4 is 23.2 Å². The van der Waals surface area contributed by atoms with Crippen LogP contribution in [0.4, 0.5) is 0 Å². The highest BCUT2D eigenvalue weighted by atomic mass is 35.5. The van der Waals surface area contributed by atoms with Crippen molar-refractivity contribution in [3.63, 3.8) is 0 Å². The molecule has 3 aliphatic carbocycles. The molecule has 0 radical (unpaired) electrons. The van der Waals surface area contributed by atoms with Gasteiger partial charge in [0.2, 0.25) is 0 Å². The molecule has 20 heavy (non-hydrogen) atoms. The lowest BCUT2D eigenvalue weighted by Crippen LogP contribution is -2.55. The second-order valence-electron chi connectivity index (χ2n) is 5.44. The van der Waals surface area contributed by atoms with Crippen LogP contribution in [-0.2, 0) is 10.3 Å². The molecule has 2 atom stereocenters. The van der Waals surface area contributed by atoms with Crippen molar-refractivity contribution in [2.45, 2.75) is 22.3 Å². The number of methoxy groups -OCH3 is 1. The zero-order valence-corrected chi connectivity index (χ0v) is 12.5. The van der Waals surface area contributed by atoms with Crippen LogP contribution in [0.1, 0.15) is 28.2 Å². The van der Waals surface area contributed by atoms with Gasteiger partial charge < -0.3 is 4.74 Å². The average Bonchev–Trinajstić information content (AvgIpc) is 2.50. The van der Waals surface area contributed by atoms with E-state index in [1.165, 1.54) is 11.1 Å². The van der Waals surface area contributed by atoms with Gasteiger partial charge >= 0.3 is 0 Å². The Hall–Kier alpha value is -1.02. The standard InChI is InChI=1S/C17H14Cl2O/c1-20-17-12-8-4-2-6-10(12)14(15(18)16(17)19)11-7-3-5-9-13(11)17/h2-9,14-16H,1H3/t14?,15-,16-,17?/m1/s1. The van der Waals surface area contributed by atoms with Gasteiger partial charge in [0.25, 0.3) is 0 Å². The molecular formula is C17H14Cl2O. The van der Waals surface area contributed by atoms with Gasteiger partial charge in [-0.25, -0.2) is 0 Å². The van der Waals surface area contributed by atoms with Gasteiger partial charge in [0.1, 0.15) is 5.60 Å². The van der Waals surface area contributed by atoms with Crippen molar-refractivity contribution in [1.29, 1.82) is 0 Å². The molecule has 0 spiro atoms. The van der Waals surface area contributed by atoms with Crippen molar-refractivity contribution < 1.29 is 4.74 Å². The van der Waals surface area contributed by atoms with Crippen LogP contribution in [0.3, 0.4) is 0 Å². The van der Waals surface area contributed by atoms with Gasteiger partial charge in [-0.2, -0.15) is 0 Å². The first-order valence-electron chi connectivity index (χ1n) is 6.74. The molecule has 0 N–H and O–H groups in total. The summed E-state index contributed by atoms with van der Waals surface area (Å²) in [6.07, 6.45) is 0. The minimum absolute atomic E-state index is 0.142. The van der Waals surface area contributed by atoms with Crippen LogP contribution in [0.15, 0.2) is 48.5 Å². The van der Waals surface area contributed by atoms with E-state index in [0.29, 0.717) is 0 Å². The molecule has 0 amide bonds. The summed E-state index contributed by atoms with van der Waals surface area (Å²) in [5, 5.41) is -0.439. The van der Waals surface area contributed by atoms with Crippen LogP contribution in [-0.4, -0.2) is 17.9 Å². The summed E-state index contributed by atoms with van der Waals surface area (Å²) >= 11 is 13.4. The summed E-state index contributed by atoms with van der Waals surface area (Å²) in [7, 11) is 1.72. The quantitative estimate of drug-likeness (QED) is 0.716. The third-order valence-corrected chi connectivity index (χ3v) is 5.91. The average molecular weight is 305 g/mol. The minimum atomic E-state index is -0.643. The first-order chi connectivity index (χ1) is 9.71. The normalized spacial score (nSPS) is 33.6. The summed E-state index contributed by atoms with van der Waals surface area (Å²) in [6, 6.07) is 16.7. The van der Waals surface area contributed by atoms with E-state index in [2.05, 4.69) is 36.4 Å². The molecule has 1 nitrogen and oxygen atoms in total. The maximum Gasteiger partial charge on any atom is 0.136 e. The van der Waals surface area contributed by atoms with Crippen LogP contribution >= 0.6 is 23.2 Å². The van der Waals surface area contributed by atoms with Crippen molar-refractivity contribution in [1.82, 2.24) is 0 Å². The van der Waals surface area contributed by atoms with E-state index in [1.54, 1.807) is 7.11 Å². The fourth-order valence-corrected chi connectivity index (χ4v) is 4.81. The van der Waals surface area contributed by atoms with E-state index in [9.17, 15) is 0 Å². The fourth-order valence-electron chi connectivity index (χ4n) is 3.89. The molecule has 102 valence electrons. The summed E-state index contributed by atoms with van der Waals surface area (Å²) in [4.78, 5) is 0. The van der Waals surface area contributed by atoms with Gasteiger partial charge in [-0.05, 0) is 22.3 Å². The summed E-state index contributed by atoms with van der Waals surface area (Å²) < 4.78 is 5.99. The number of alkyl halides is 2. The first-order valence-corrected chi connectivity index (χ1v) is 7.61. The summed E-state index contributed by atoms with van der Waals surface area (Å²) in [5.74, 6) is 0.142. The molecule has 2 aromatic rings. The highest BCUT2D eigenvalue weighted by molar-refractivity contribution is 6.32. The zero-order chi connectivity index (χ0) is 13.9. The minimum Gasteiger partial charge on any atom is -0.367 e. The van der Waals surface area contributed by atoms with E-state index in [1.807, 2.05) is 12.1 Å². The highest BCUT2D eigenvalue weighted by Gasteiger charge is 2.58. The van der Waals surface area contributed by atoms with Gasteiger partial charge in [-0.3, -0.25) is 0 Å². The number of ether oxygens (including phenoxy) is 1. The molecule has 2 bridgehead atoms. The maximum atomic E-state index is 6.72. The predicted octanol–water partition coefficient (Wildman–Crippen LogP) is 4.25. The second kappa shape index (κ2) is 4.24. The molecule has 3 aliphatic rings. The molecule has 0 unspecified atom stereocenters. The Bertz CT molecular complexity index is 635. The lowest BCUT2D eigenvalue weighted by Gasteiger charge is -2.53. The second-order valence-corrected chi connectivity index (χ2v) is 6.41. The van der Waals surface area contributed by atoms with E-state index in [0.717, 1.165) is 11.1 Å². The van der Waals surface area contributed by atoms with Crippen LogP contribution in [0.2, 0.25) is 0 Å². The third kappa shape index (κ3) is 1.29. The number of halogens is 2. The molecule has 0 aromatic heterocycles. The largest absolute Gasteiger partial charge is 0.367 e. The van der Waals surface area contributed by atoms with Gasteiger partial charge in [-0.1, -0.05) is 48.5 Å². The summed E-state index contributed by atoms with van der Waals surface area (Å²) in [5.41, 5.74) is 4.15. The summed E-state index contributed by atoms with van der Waals surface area (Å²) in [6.45, 7) is 0. The molecule has 0 saturated heterocycles. The SMILES string of the molecule is COC12c3ccccc3C(c3ccccc31)[C@@H](Cl)[C@H]2Cl. The Labute approximate surface area is 128 Å². The van der Waals surface area contributed by atoms with Crippen LogP contribution < -0.4 is 0 Å². The Morgan fingerprint density at radius 3 is 1.90 bits per heavy atom. The molecule has 0 heterocycles. The molecule has 5 rings (SSSR count). The predicted molar refractivity (Wildman–Crippen MR) is 81.8 cm³/mol. The number of rotatable bonds is 1. The van der Waals surface area contributed by atoms with Crippen LogP contribution in [0.25, 0.3) is 0 Å². The smallest absolute Gasteiger partial charge is 0.136 e. The Balaban J connectivity index is 2.14. The lowest BCUT2D eigenvalue weighted by molar-refractivity contribution is 0.00209. The maximum absolute atomic E-state index is 6.72. The Kier molecular flexibility index (Phi) is 2.69. The molecule has 0 saturated carbocycles. The van der Waals surface area contributed by atoms with Crippen LogP contribution in [0.5, 0.6) is 0 Å². The molecule has 3 heteroatoms. The van der Waals surface area contributed by atoms with Gasteiger partial charge in [0, 0.05) is 13.0 Å². The third-order valence-electron chi connectivity index (χ3n) is 4.70. The number of benzene rings is 2. The zero-order valence-electron chi connectivity index (χ0n) is 11.0. The Morgan fingerprint density at radius 1 is 0.900 bits per heavy atom. The number of hydrogen-bond acceptors (Lipinski definition) is 1. The Morgan fingerprint density at radius 2 is 1.40 bits per heavy atom. The van der Waals surface area contributed by atoms with E-state index >= 15 is 0 Å². The number of fused-ring (bicyclic) bond motifs is 1. The van der Waals surface area contributed by atoms with E-state index < -0.39 is 5.60 Å². The van der Waals surface area contributed by atoms with Crippen molar-refractivity contribution in [3.05, 3.63) is 70.8 Å². The fraction of sp³-hybridized carbons (Fsp3) is 0.294. The molecule has 0 fully saturated rings. The van der Waals surface area contributed by atoms with Crippen LogP contribution in [0, 0.1) is 0 Å². The number of hydrogen-bond donors (Lipinski definition) is 0. The van der Waals surface area contributed by atoms with Crippen molar-refractivity contribution in [2.24, 2.45) is 0 Å². The highest BCUT2D eigenvalue weighted by Crippen LogP contribution is 2.59. The first kappa shape index (κ1) is 12.7. The van der Waals surface area contributed by atoms with Gasteiger partial charge in [0.15, 0.2) is 0 Å². The van der Waals surface area contributed by atoms with Crippen molar-refractivity contribution in [3.8, 4) is 0 Å². The van der Waals surface area contributed by atoms with E-state index in [-0.39, 0.29) is 16.7 Å². The molecular weight excluding hydrogens is 291 g/mol. The molecule has 2 aromatic carbocycles. The van der Waals surface area contributed by atoms with E-state index in [4.69, 9.17) is 27.9 Å². The monoisotopic (exact) mass is 304 g/mol. The van der Waals surface area contributed by atoms with Gasteiger partial charge in [-0.15, -0.1) is 23.2 Å².